The van der Waals surface area contributed by atoms with Crippen LogP contribution in [-0.2, 0) is 6.54 Å². The summed E-state index contributed by atoms with van der Waals surface area (Å²) in [5.41, 5.74) is 1.64. The van der Waals surface area contributed by atoms with Crippen molar-refractivity contribution in [2.24, 2.45) is 0 Å². The topological polar surface area (TPSA) is 82.2 Å². The lowest BCUT2D eigenvalue weighted by Crippen LogP contribution is -2.39. The Morgan fingerprint density at radius 1 is 1.52 bits per heavy atom. The molecule has 1 fully saturated rings. The van der Waals surface area contributed by atoms with Crippen molar-refractivity contribution >= 4 is 5.91 Å². The molecule has 0 unspecified atom stereocenters. The van der Waals surface area contributed by atoms with Crippen molar-refractivity contribution in [1.82, 2.24) is 15.4 Å². The number of halogens is 1. The lowest BCUT2D eigenvalue weighted by molar-refractivity contribution is 0.0938. The number of nitriles is 1. The zero-order chi connectivity index (χ0) is 17.8. The van der Waals surface area contributed by atoms with E-state index in [-0.39, 0.29) is 11.9 Å². The number of hydrogen-bond acceptors (Lipinski definition) is 5. The molecule has 0 radical (unpaired) electrons. The van der Waals surface area contributed by atoms with Gasteiger partial charge >= 0.3 is 0 Å². The van der Waals surface area contributed by atoms with Crippen LogP contribution < -0.4 is 5.32 Å². The molecular formula is C18H19FN4O2. The smallest absolute Gasteiger partial charge is 0.251 e. The first kappa shape index (κ1) is 17.1. The zero-order valence-electron chi connectivity index (χ0n) is 13.9. The number of benzene rings is 1. The fourth-order valence-corrected chi connectivity index (χ4v) is 3.06. The van der Waals surface area contributed by atoms with E-state index >= 15 is 0 Å². The van der Waals surface area contributed by atoms with Crippen LogP contribution in [0.4, 0.5) is 4.39 Å². The molecule has 0 spiro atoms. The van der Waals surface area contributed by atoms with Gasteiger partial charge in [-0.3, -0.25) is 9.69 Å². The van der Waals surface area contributed by atoms with Gasteiger partial charge in [-0.25, -0.2) is 4.39 Å². The lowest BCUT2D eigenvalue weighted by Gasteiger charge is -2.23. The predicted octanol–water partition coefficient (Wildman–Crippen LogP) is 2.20. The SMILES string of the molecule is Cc1cc(CN2C[C@@H](F)C[C@H]2CNC(=O)c2cccc(C#N)c2)on1. The predicted molar refractivity (Wildman–Crippen MR) is 88.4 cm³/mol. The zero-order valence-corrected chi connectivity index (χ0v) is 13.9. The van der Waals surface area contributed by atoms with Crippen LogP contribution in [-0.4, -0.2) is 41.3 Å². The second-order valence-corrected chi connectivity index (χ2v) is 6.25. The molecule has 1 aliphatic rings. The number of rotatable bonds is 5. The molecule has 0 saturated carbocycles. The highest BCUT2D eigenvalue weighted by Gasteiger charge is 2.33. The molecule has 3 rings (SSSR count). The Morgan fingerprint density at radius 3 is 3.08 bits per heavy atom. The van der Waals surface area contributed by atoms with Crippen LogP contribution in [0.1, 0.15) is 33.8 Å². The molecule has 0 bridgehead atoms. The van der Waals surface area contributed by atoms with Crippen molar-refractivity contribution in [3.05, 3.63) is 52.9 Å². The summed E-state index contributed by atoms with van der Waals surface area (Å²) in [5, 5.41) is 15.6. The normalized spacial score (nSPS) is 20.4. The molecule has 2 atom stereocenters. The molecule has 1 N–H and O–H groups in total. The van der Waals surface area contributed by atoms with E-state index in [9.17, 15) is 9.18 Å². The average molecular weight is 342 g/mol. The molecule has 25 heavy (non-hydrogen) atoms. The van der Waals surface area contributed by atoms with Crippen LogP contribution in [0.3, 0.4) is 0 Å². The van der Waals surface area contributed by atoms with Gasteiger partial charge < -0.3 is 9.84 Å². The molecule has 130 valence electrons. The Labute approximate surface area is 145 Å². The summed E-state index contributed by atoms with van der Waals surface area (Å²) in [6.07, 6.45) is -0.557. The number of likely N-dealkylation sites (tertiary alicyclic amines) is 1. The molecule has 2 heterocycles. The van der Waals surface area contributed by atoms with Crippen LogP contribution in [0.25, 0.3) is 0 Å². The molecule has 1 saturated heterocycles. The van der Waals surface area contributed by atoms with Gasteiger partial charge in [0.2, 0.25) is 0 Å². The summed E-state index contributed by atoms with van der Waals surface area (Å²) >= 11 is 0. The van der Waals surface area contributed by atoms with Gasteiger partial charge in [0.05, 0.1) is 23.9 Å². The summed E-state index contributed by atoms with van der Waals surface area (Å²) in [6.45, 7) is 2.95. The number of aromatic nitrogens is 1. The molecule has 2 aromatic rings. The summed E-state index contributed by atoms with van der Waals surface area (Å²) in [6, 6.07) is 10.2. The highest BCUT2D eigenvalue weighted by atomic mass is 19.1. The molecule has 1 aliphatic heterocycles. The van der Waals surface area contributed by atoms with Gasteiger partial charge in [0, 0.05) is 30.8 Å². The van der Waals surface area contributed by atoms with Crippen molar-refractivity contribution in [3.8, 4) is 6.07 Å². The van der Waals surface area contributed by atoms with E-state index in [1.807, 2.05) is 24.0 Å². The molecule has 0 aliphatic carbocycles. The van der Waals surface area contributed by atoms with Crippen molar-refractivity contribution in [3.63, 3.8) is 0 Å². The van der Waals surface area contributed by atoms with Gasteiger partial charge in [-0.05, 0) is 31.5 Å². The fourth-order valence-electron chi connectivity index (χ4n) is 3.06. The van der Waals surface area contributed by atoms with E-state index < -0.39 is 6.17 Å². The van der Waals surface area contributed by atoms with Gasteiger partial charge in [0.25, 0.3) is 5.91 Å². The van der Waals surface area contributed by atoms with E-state index in [4.69, 9.17) is 9.78 Å². The number of amides is 1. The van der Waals surface area contributed by atoms with Crippen molar-refractivity contribution in [2.45, 2.75) is 32.1 Å². The minimum atomic E-state index is -0.923. The second-order valence-electron chi connectivity index (χ2n) is 6.25. The van der Waals surface area contributed by atoms with Crippen LogP contribution in [0.2, 0.25) is 0 Å². The average Bonchev–Trinajstić information content (AvgIpc) is 3.18. The van der Waals surface area contributed by atoms with Gasteiger partial charge in [-0.1, -0.05) is 11.2 Å². The third kappa shape index (κ3) is 4.22. The molecule has 1 aromatic carbocycles. The lowest BCUT2D eigenvalue weighted by atomic mass is 10.1. The summed E-state index contributed by atoms with van der Waals surface area (Å²) < 4.78 is 19.0. The number of alkyl halides is 1. The summed E-state index contributed by atoms with van der Waals surface area (Å²) in [5.74, 6) is 0.416. The van der Waals surface area contributed by atoms with Gasteiger partial charge in [-0.15, -0.1) is 0 Å². The van der Waals surface area contributed by atoms with E-state index in [1.54, 1.807) is 18.2 Å². The van der Waals surface area contributed by atoms with Crippen LogP contribution in [0, 0.1) is 18.3 Å². The third-order valence-electron chi connectivity index (χ3n) is 4.26. The Kier molecular flexibility index (Phi) is 5.10. The van der Waals surface area contributed by atoms with Crippen molar-refractivity contribution in [1.29, 1.82) is 5.26 Å². The molecule has 6 nitrogen and oxygen atoms in total. The molecule has 1 amide bonds. The molecular weight excluding hydrogens is 323 g/mol. The first-order chi connectivity index (χ1) is 12.0. The Bertz CT molecular complexity index is 798. The highest BCUT2D eigenvalue weighted by Crippen LogP contribution is 2.22. The van der Waals surface area contributed by atoms with Crippen LogP contribution in [0.5, 0.6) is 0 Å². The minimum Gasteiger partial charge on any atom is -0.360 e. The maximum atomic E-state index is 13.8. The van der Waals surface area contributed by atoms with E-state index in [2.05, 4.69) is 10.5 Å². The van der Waals surface area contributed by atoms with E-state index in [0.717, 1.165) is 5.69 Å². The Hall–Kier alpha value is -2.72. The summed E-state index contributed by atoms with van der Waals surface area (Å²) in [7, 11) is 0. The maximum Gasteiger partial charge on any atom is 0.251 e. The number of carbonyl (C=O) groups is 1. The van der Waals surface area contributed by atoms with Crippen LogP contribution >= 0.6 is 0 Å². The standard InChI is InChI=1S/C18H19FN4O2/c1-12-5-17(25-22-12)11-23-10-15(19)7-16(23)9-21-18(24)14-4-2-3-13(6-14)8-20/h2-6,15-16H,7,9-11H2,1H3,(H,21,24)/t15-,16-/m0/s1. The van der Waals surface area contributed by atoms with Gasteiger partial charge in [-0.2, -0.15) is 5.26 Å². The largest absolute Gasteiger partial charge is 0.360 e. The first-order valence-corrected chi connectivity index (χ1v) is 8.14. The molecule has 1 aromatic heterocycles. The van der Waals surface area contributed by atoms with Gasteiger partial charge in [0.1, 0.15) is 6.17 Å². The Balaban J connectivity index is 1.60. The fraction of sp³-hybridized carbons (Fsp3) is 0.389. The quantitative estimate of drug-likeness (QED) is 0.901. The number of hydrogen-bond donors (Lipinski definition) is 1. The van der Waals surface area contributed by atoms with Crippen molar-refractivity contribution < 1.29 is 13.7 Å². The maximum absolute atomic E-state index is 13.8. The molecule has 7 heteroatoms. The minimum absolute atomic E-state index is 0.108. The van der Waals surface area contributed by atoms with E-state index in [1.165, 1.54) is 6.07 Å². The summed E-state index contributed by atoms with van der Waals surface area (Å²) in [4.78, 5) is 14.2. The number of nitrogens with one attached hydrogen (secondary N) is 1. The first-order valence-electron chi connectivity index (χ1n) is 8.14. The van der Waals surface area contributed by atoms with Crippen LogP contribution in [0.15, 0.2) is 34.9 Å². The van der Waals surface area contributed by atoms with E-state index in [0.29, 0.717) is 42.9 Å². The van der Waals surface area contributed by atoms with Crippen molar-refractivity contribution in [2.75, 3.05) is 13.1 Å². The highest BCUT2D eigenvalue weighted by molar-refractivity contribution is 5.94. The number of carbonyl (C=O) groups excluding carboxylic acids is 1. The number of nitrogens with zero attached hydrogens (tertiary/aromatic N) is 3. The number of aryl methyl sites for hydroxylation is 1. The van der Waals surface area contributed by atoms with Gasteiger partial charge in [0.15, 0.2) is 5.76 Å². The third-order valence-corrected chi connectivity index (χ3v) is 4.26. The monoisotopic (exact) mass is 342 g/mol. The second kappa shape index (κ2) is 7.45. The Morgan fingerprint density at radius 2 is 2.36 bits per heavy atom.